The summed E-state index contributed by atoms with van der Waals surface area (Å²) in [5.41, 5.74) is 1.85. The molecular weight excluding hydrogens is 503 g/mol. The summed E-state index contributed by atoms with van der Waals surface area (Å²) in [6, 6.07) is 22.0. The Morgan fingerprint density at radius 2 is 1.65 bits per heavy atom. The number of amides is 1. The molecule has 1 heterocycles. The van der Waals surface area contributed by atoms with Crippen molar-refractivity contribution < 1.29 is 22.7 Å². The molecule has 9 heteroatoms. The molecule has 5 nitrogen and oxygen atoms in total. The summed E-state index contributed by atoms with van der Waals surface area (Å²) in [7, 11) is 0. The van der Waals surface area contributed by atoms with Crippen LogP contribution in [-0.2, 0) is 12.8 Å². The Hall–Kier alpha value is -3.78. The zero-order chi connectivity index (χ0) is 26.6. The average Bonchev–Trinajstić information content (AvgIpc) is 3.33. The van der Waals surface area contributed by atoms with Gasteiger partial charge in [0.25, 0.3) is 5.91 Å². The van der Waals surface area contributed by atoms with Gasteiger partial charge in [-0.1, -0.05) is 48.0 Å². The largest absolute Gasteiger partial charge is 0.487 e. The molecule has 0 aliphatic rings. The lowest BCUT2D eigenvalue weighted by atomic mass is 10.0. The Labute approximate surface area is 218 Å². The lowest BCUT2D eigenvalue weighted by molar-refractivity contribution is -0.141. The summed E-state index contributed by atoms with van der Waals surface area (Å²) in [5, 5.41) is 3.99. The molecule has 0 unspecified atom stereocenters. The monoisotopic (exact) mass is 527 g/mol. The van der Waals surface area contributed by atoms with E-state index in [9.17, 15) is 18.0 Å². The highest BCUT2D eigenvalue weighted by Crippen LogP contribution is 2.31. The number of para-hydroxylation sites is 1. The third kappa shape index (κ3) is 5.97. The molecule has 4 rings (SSSR count). The molecular formula is C28H25ClF3N3O2. The maximum Gasteiger partial charge on any atom is 0.435 e. The second kappa shape index (κ2) is 11.1. The predicted molar refractivity (Wildman–Crippen MR) is 137 cm³/mol. The van der Waals surface area contributed by atoms with Crippen LogP contribution in [0.3, 0.4) is 0 Å². The molecule has 0 aliphatic carbocycles. The number of nitrogens with zero attached hydrogens (tertiary/aromatic N) is 3. The van der Waals surface area contributed by atoms with Crippen molar-refractivity contribution in [2.75, 3.05) is 13.1 Å². The molecule has 0 radical (unpaired) electrons. The Morgan fingerprint density at radius 3 is 2.30 bits per heavy atom. The van der Waals surface area contributed by atoms with Crippen molar-refractivity contribution in [2.45, 2.75) is 26.6 Å². The number of ether oxygens (including phenoxy) is 1. The van der Waals surface area contributed by atoms with Gasteiger partial charge < -0.3 is 9.64 Å². The molecule has 0 atom stereocenters. The average molecular weight is 528 g/mol. The van der Waals surface area contributed by atoms with E-state index in [1.165, 1.54) is 0 Å². The first-order chi connectivity index (χ1) is 17.7. The van der Waals surface area contributed by atoms with Gasteiger partial charge in [0.1, 0.15) is 12.4 Å². The summed E-state index contributed by atoms with van der Waals surface area (Å²) >= 11 is 6.20. The molecule has 1 amide bonds. The number of hydrogen-bond acceptors (Lipinski definition) is 3. The number of alkyl halides is 3. The van der Waals surface area contributed by atoms with Crippen molar-refractivity contribution in [3.05, 3.63) is 101 Å². The fourth-order valence-corrected chi connectivity index (χ4v) is 4.14. The molecule has 0 saturated carbocycles. The molecule has 37 heavy (non-hydrogen) atoms. The zero-order valence-electron chi connectivity index (χ0n) is 20.3. The normalized spacial score (nSPS) is 11.4. The molecule has 0 bridgehead atoms. The molecule has 0 saturated heterocycles. The predicted octanol–water partition coefficient (Wildman–Crippen LogP) is 7.27. The van der Waals surface area contributed by atoms with E-state index in [1.807, 2.05) is 44.2 Å². The van der Waals surface area contributed by atoms with Gasteiger partial charge in [-0.3, -0.25) is 4.79 Å². The van der Waals surface area contributed by atoms with Crippen molar-refractivity contribution in [3.63, 3.8) is 0 Å². The van der Waals surface area contributed by atoms with Crippen molar-refractivity contribution in [2.24, 2.45) is 0 Å². The molecule has 4 aromatic rings. The molecule has 0 fully saturated rings. The lowest BCUT2D eigenvalue weighted by Gasteiger charge is -2.19. The van der Waals surface area contributed by atoms with Gasteiger partial charge in [0.15, 0.2) is 5.69 Å². The summed E-state index contributed by atoms with van der Waals surface area (Å²) in [4.78, 5) is 14.5. The van der Waals surface area contributed by atoms with E-state index in [1.54, 1.807) is 47.4 Å². The van der Waals surface area contributed by atoms with Crippen LogP contribution in [0.4, 0.5) is 13.2 Å². The van der Waals surface area contributed by atoms with Crippen LogP contribution in [0.2, 0.25) is 5.02 Å². The number of rotatable bonds is 8. The van der Waals surface area contributed by atoms with Crippen LogP contribution in [0, 0.1) is 0 Å². The quantitative estimate of drug-likeness (QED) is 0.242. The summed E-state index contributed by atoms with van der Waals surface area (Å²) in [6.45, 7) is 4.99. The standard InChI is InChI=1S/C28H25ClF3N3O2/c1-3-34(4-2)27(36)21-9-7-8-20(16-21)19-12-14-23(15-13-19)37-18-22-17-26(28(30,31)32)33-35(22)25-11-6-5-10-24(25)29/h5-17H,3-4,18H2,1-2H3. The zero-order valence-corrected chi connectivity index (χ0v) is 21.1. The second-order valence-corrected chi connectivity index (χ2v) is 8.66. The van der Waals surface area contributed by atoms with Gasteiger partial charge in [-0.15, -0.1) is 0 Å². The molecule has 0 aliphatic heterocycles. The SMILES string of the molecule is CCN(CC)C(=O)c1cccc(-c2ccc(OCc3cc(C(F)(F)F)nn3-c3ccccc3Cl)cc2)c1. The molecule has 3 aromatic carbocycles. The summed E-state index contributed by atoms with van der Waals surface area (Å²) in [5.74, 6) is 0.444. The van der Waals surface area contributed by atoms with Crippen molar-refractivity contribution in [1.82, 2.24) is 14.7 Å². The Morgan fingerprint density at radius 1 is 0.946 bits per heavy atom. The summed E-state index contributed by atoms with van der Waals surface area (Å²) < 4.78 is 47.0. The van der Waals surface area contributed by atoms with Crippen LogP contribution >= 0.6 is 11.6 Å². The van der Waals surface area contributed by atoms with Crippen LogP contribution < -0.4 is 4.74 Å². The fourth-order valence-electron chi connectivity index (χ4n) is 3.92. The Bertz CT molecular complexity index is 1380. The van der Waals surface area contributed by atoms with Crippen LogP contribution in [0.5, 0.6) is 5.75 Å². The maximum atomic E-state index is 13.4. The number of aromatic nitrogens is 2. The molecule has 0 spiro atoms. The Kier molecular flexibility index (Phi) is 7.88. The van der Waals surface area contributed by atoms with E-state index in [4.69, 9.17) is 16.3 Å². The third-order valence-electron chi connectivity index (χ3n) is 5.89. The molecule has 0 N–H and O–H groups in total. The topological polar surface area (TPSA) is 47.4 Å². The molecule has 192 valence electrons. The lowest BCUT2D eigenvalue weighted by Crippen LogP contribution is -2.30. The van der Waals surface area contributed by atoms with Gasteiger partial charge in [0.05, 0.1) is 16.4 Å². The van der Waals surface area contributed by atoms with Gasteiger partial charge in [0, 0.05) is 18.7 Å². The van der Waals surface area contributed by atoms with Crippen molar-refractivity contribution in [1.29, 1.82) is 0 Å². The minimum atomic E-state index is -4.61. The van der Waals surface area contributed by atoms with Gasteiger partial charge in [-0.2, -0.15) is 18.3 Å². The molecule has 1 aromatic heterocycles. The minimum Gasteiger partial charge on any atom is -0.487 e. The third-order valence-corrected chi connectivity index (χ3v) is 6.21. The first-order valence-electron chi connectivity index (χ1n) is 11.7. The number of carbonyl (C=O) groups excluding carboxylic acids is 1. The van der Waals surface area contributed by atoms with Crippen molar-refractivity contribution >= 4 is 17.5 Å². The number of hydrogen-bond donors (Lipinski definition) is 0. The van der Waals surface area contributed by atoms with E-state index in [0.29, 0.717) is 30.1 Å². The van der Waals surface area contributed by atoms with Gasteiger partial charge in [-0.05, 0) is 67.4 Å². The first-order valence-corrected chi connectivity index (χ1v) is 12.1. The number of carbonyl (C=O) groups is 1. The van der Waals surface area contributed by atoms with E-state index in [2.05, 4.69) is 5.10 Å². The van der Waals surface area contributed by atoms with E-state index >= 15 is 0 Å². The highest BCUT2D eigenvalue weighted by atomic mass is 35.5. The smallest absolute Gasteiger partial charge is 0.435 e. The van der Waals surface area contributed by atoms with Crippen molar-refractivity contribution in [3.8, 4) is 22.6 Å². The maximum absolute atomic E-state index is 13.4. The van der Waals surface area contributed by atoms with E-state index < -0.39 is 11.9 Å². The fraction of sp³-hybridized carbons (Fsp3) is 0.214. The van der Waals surface area contributed by atoms with Crippen LogP contribution in [0.25, 0.3) is 16.8 Å². The highest BCUT2D eigenvalue weighted by molar-refractivity contribution is 6.32. The second-order valence-electron chi connectivity index (χ2n) is 8.25. The number of benzene rings is 3. The first kappa shape index (κ1) is 26.3. The van der Waals surface area contributed by atoms with Gasteiger partial charge in [-0.25, -0.2) is 4.68 Å². The summed E-state index contributed by atoms with van der Waals surface area (Å²) in [6.07, 6.45) is -4.61. The van der Waals surface area contributed by atoms with E-state index in [-0.39, 0.29) is 23.2 Å². The van der Waals surface area contributed by atoms with E-state index in [0.717, 1.165) is 21.9 Å². The van der Waals surface area contributed by atoms with Crippen LogP contribution in [0.1, 0.15) is 35.6 Å². The highest BCUT2D eigenvalue weighted by Gasteiger charge is 2.35. The number of halogens is 4. The minimum absolute atomic E-state index is 0.0276. The Balaban J connectivity index is 1.53. The van der Waals surface area contributed by atoms with Gasteiger partial charge >= 0.3 is 6.18 Å². The van der Waals surface area contributed by atoms with Crippen LogP contribution in [0.15, 0.2) is 78.9 Å². The van der Waals surface area contributed by atoms with Gasteiger partial charge in [0.2, 0.25) is 0 Å². The van der Waals surface area contributed by atoms with Crippen LogP contribution in [-0.4, -0.2) is 33.7 Å².